The topological polar surface area (TPSA) is 59.7 Å². The van der Waals surface area contributed by atoms with Crippen LogP contribution in [0.1, 0.15) is 12.8 Å². The van der Waals surface area contributed by atoms with E-state index in [-0.39, 0.29) is 0 Å². The van der Waals surface area contributed by atoms with Crippen molar-refractivity contribution in [2.75, 3.05) is 18.0 Å². The molecule has 1 aliphatic rings. The van der Waals surface area contributed by atoms with Crippen LogP contribution < -0.4 is 4.90 Å². The van der Waals surface area contributed by atoms with Gasteiger partial charge in [-0.2, -0.15) is 5.10 Å². The Labute approximate surface area is 173 Å². The minimum Gasteiger partial charge on any atom is -0.355 e. The van der Waals surface area contributed by atoms with Gasteiger partial charge in [-0.3, -0.25) is 0 Å². The molecule has 5 aromatic rings. The van der Waals surface area contributed by atoms with Gasteiger partial charge in [-0.15, -0.1) is 10.2 Å². The smallest absolute Gasteiger partial charge is 0.183 e. The Kier molecular flexibility index (Phi) is 3.94. The van der Waals surface area contributed by atoms with Crippen LogP contribution in [0.3, 0.4) is 0 Å². The molecule has 0 spiro atoms. The van der Waals surface area contributed by atoms with E-state index in [9.17, 15) is 0 Å². The Balaban J connectivity index is 1.44. The third-order valence-corrected chi connectivity index (χ3v) is 5.75. The summed E-state index contributed by atoms with van der Waals surface area (Å²) in [7, 11) is 0. The number of nitrogens with zero attached hydrogens (tertiary/aromatic N) is 6. The molecule has 0 unspecified atom stereocenters. The second-order valence-electron chi connectivity index (χ2n) is 7.65. The number of fused-ring (bicyclic) bond motifs is 2. The summed E-state index contributed by atoms with van der Waals surface area (Å²) in [4.78, 5) is 7.11. The van der Waals surface area contributed by atoms with Crippen molar-refractivity contribution in [3.63, 3.8) is 0 Å². The first kappa shape index (κ1) is 17.1. The zero-order valence-corrected chi connectivity index (χ0v) is 16.4. The van der Waals surface area contributed by atoms with Crippen molar-refractivity contribution in [2.45, 2.75) is 12.8 Å². The van der Waals surface area contributed by atoms with Crippen LogP contribution in [0, 0.1) is 0 Å². The van der Waals surface area contributed by atoms with Crippen LogP contribution in [-0.2, 0) is 0 Å². The van der Waals surface area contributed by atoms with Gasteiger partial charge in [0.15, 0.2) is 11.6 Å². The summed E-state index contributed by atoms with van der Waals surface area (Å²) in [6, 6.07) is 20.6. The fourth-order valence-corrected chi connectivity index (χ4v) is 4.21. The molecule has 6 rings (SSSR count). The molecule has 0 aliphatic carbocycles. The highest BCUT2D eigenvalue weighted by Gasteiger charge is 2.19. The lowest BCUT2D eigenvalue weighted by atomic mass is 10.1. The van der Waals surface area contributed by atoms with Crippen LogP contribution in [0.2, 0.25) is 0 Å². The van der Waals surface area contributed by atoms with Crippen LogP contribution in [0.15, 0.2) is 73.1 Å². The maximum absolute atomic E-state index is 4.79. The highest BCUT2D eigenvalue weighted by molar-refractivity contribution is 5.96. The molecule has 0 bridgehead atoms. The maximum Gasteiger partial charge on any atom is 0.183 e. The second-order valence-corrected chi connectivity index (χ2v) is 7.65. The minimum absolute atomic E-state index is 0.737. The molecule has 0 N–H and O–H groups in total. The molecule has 0 amide bonds. The predicted molar refractivity (Wildman–Crippen MR) is 119 cm³/mol. The molecular weight excluding hydrogens is 372 g/mol. The van der Waals surface area contributed by atoms with Gasteiger partial charge in [0, 0.05) is 41.0 Å². The van der Waals surface area contributed by atoms with Crippen molar-refractivity contribution in [1.29, 1.82) is 0 Å². The quantitative estimate of drug-likeness (QED) is 0.448. The zero-order chi connectivity index (χ0) is 19.9. The van der Waals surface area contributed by atoms with Crippen molar-refractivity contribution >= 4 is 27.5 Å². The number of para-hydroxylation sites is 1. The van der Waals surface area contributed by atoms with E-state index < -0.39 is 0 Å². The molecule has 0 radical (unpaired) electrons. The maximum atomic E-state index is 4.79. The first-order valence-corrected chi connectivity index (χ1v) is 10.3. The highest BCUT2D eigenvalue weighted by Crippen LogP contribution is 2.30. The van der Waals surface area contributed by atoms with Crippen LogP contribution in [0.5, 0.6) is 0 Å². The summed E-state index contributed by atoms with van der Waals surface area (Å²) in [6.45, 7) is 2.08. The van der Waals surface area contributed by atoms with Crippen LogP contribution >= 0.6 is 0 Å². The second kappa shape index (κ2) is 6.91. The summed E-state index contributed by atoms with van der Waals surface area (Å²) < 4.78 is 1.80. The lowest BCUT2D eigenvalue weighted by Crippen LogP contribution is -2.20. The van der Waals surface area contributed by atoms with E-state index in [4.69, 9.17) is 4.98 Å². The third-order valence-electron chi connectivity index (χ3n) is 5.75. The van der Waals surface area contributed by atoms with E-state index >= 15 is 0 Å². The predicted octanol–water partition coefficient (Wildman–Crippen LogP) is 4.63. The highest BCUT2D eigenvalue weighted by atomic mass is 15.4. The van der Waals surface area contributed by atoms with E-state index in [1.165, 1.54) is 12.8 Å². The summed E-state index contributed by atoms with van der Waals surface area (Å²) in [5.41, 5.74) is 2.82. The lowest BCUT2D eigenvalue weighted by Gasteiger charge is -2.18. The molecule has 3 aromatic heterocycles. The first-order chi connectivity index (χ1) is 14.9. The number of hydrogen-bond donors (Lipinski definition) is 0. The van der Waals surface area contributed by atoms with Crippen LogP contribution in [0.25, 0.3) is 38.8 Å². The third kappa shape index (κ3) is 2.80. The Morgan fingerprint density at radius 1 is 0.733 bits per heavy atom. The van der Waals surface area contributed by atoms with E-state index in [2.05, 4.69) is 50.5 Å². The fraction of sp³-hybridized carbons (Fsp3) is 0.167. The molecule has 0 atom stereocenters. The SMILES string of the molecule is c1ccc2nc(-c3cnn(-c4nnc(N5CCCC5)c5ccccc45)c3)ccc2c1. The van der Waals surface area contributed by atoms with Crippen LogP contribution in [-0.4, -0.2) is 38.1 Å². The van der Waals surface area contributed by atoms with Crippen molar-refractivity contribution < 1.29 is 0 Å². The fourth-order valence-electron chi connectivity index (χ4n) is 4.21. The van der Waals surface area contributed by atoms with Gasteiger partial charge in [-0.1, -0.05) is 48.5 Å². The number of anilines is 1. The van der Waals surface area contributed by atoms with E-state index in [0.29, 0.717) is 0 Å². The molecule has 1 saturated heterocycles. The van der Waals surface area contributed by atoms with Gasteiger partial charge in [0.05, 0.1) is 17.4 Å². The Morgan fingerprint density at radius 3 is 2.33 bits per heavy atom. The standard InChI is InChI=1S/C24H20N6/c1-4-10-21-17(7-1)11-12-22(26-21)18-15-25-30(16-18)24-20-9-3-2-8-19(20)23(27-28-24)29-13-5-6-14-29/h1-4,7-12,15-16H,5-6,13-14H2. The van der Waals surface area contributed by atoms with Gasteiger partial charge in [0.2, 0.25) is 0 Å². The van der Waals surface area contributed by atoms with Crippen LogP contribution in [0.4, 0.5) is 5.82 Å². The van der Waals surface area contributed by atoms with E-state index in [0.717, 1.165) is 57.7 Å². The van der Waals surface area contributed by atoms with Crippen molar-refractivity contribution in [1.82, 2.24) is 25.0 Å². The van der Waals surface area contributed by atoms with Gasteiger partial charge in [-0.05, 0) is 25.0 Å². The molecule has 2 aromatic carbocycles. The molecule has 30 heavy (non-hydrogen) atoms. The molecule has 6 heteroatoms. The number of pyridine rings is 1. The Morgan fingerprint density at radius 2 is 1.47 bits per heavy atom. The zero-order valence-electron chi connectivity index (χ0n) is 16.4. The summed E-state index contributed by atoms with van der Waals surface area (Å²) in [5.74, 6) is 1.70. The molecule has 146 valence electrons. The molecule has 6 nitrogen and oxygen atoms in total. The van der Waals surface area contributed by atoms with Crippen molar-refractivity contribution in [2.24, 2.45) is 0 Å². The first-order valence-electron chi connectivity index (χ1n) is 10.3. The van der Waals surface area contributed by atoms with Gasteiger partial charge < -0.3 is 4.90 Å². The van der Waals surface area contributed by atoms with E-state index in [1.54, 1.807) is 4.68 Å². The monoisotopic (exact) mass is 392 g/mol. The van der Waals surface area contributed by atoms with Gasteiger partial charge in [0.25, 0.3) is 0 Å². The Bertz CT molecular complexity index is 1370. The molecule has 4 heterocycles. The largest absolute Gasteiger partial charge is 0.355 e. The number of benzene rings is 2. The molecular formula is C24H20N6. The van der Waals surface area contributed by atoms with Crippen molar-refractivity contribution in [3.05, 3.63) is 73.1 Å². The normalized spacial score (nSPS) is 14.1. The minimum atomic E-state index is 0.737. The number of rotatable bonds is 3. The van der Waals surface area contributed by atoms with Crippen molar-refractivity contribution in [3.8, 4) is 17.1 Å². The summed E-state index contributed by atoms with van der Waals surface area (Å²) in [6.07, 6.45) is 6.23. The average Bonchev–Trinajstić information content (AvgIpc) is 3.51. The number of aromatic nitrogens is 5. The molecule has 1 fully saturated rings. The van der Waals surface area contributed by atoms with Gasteiger partial charge in [0.1, 0.15) is 0 Å². The molecule has 1 aliphatic heterocycles. The number of hydrogen-bond acceptors (Lipinski definition) is 5. The Hall–Kier alpha value is -3.80. The van der Waals surface area contributed by atoms with E-state index in [1.807, 2.05) is 42.7 Å². The molecule has 0 saturated carbocycles. The summed E-state index contributed by atoms with van der Waals surface area (Å²) >= 11 is 0. The van der Waals surface area contributed by atoms with Gasteiger partial charge >= 0.3 is 0 Å². The average molecular weight is 392 g/mol. The van der Waals surface area contributed by atoms with Gasteiger partial charge in [-0.25, -0.2) is 9.67 Å². The lowest BCUT2D eigenvalue weighted by molar-refractivity contribution is 0.814. The summed E-state index contributed by atoms with van der Waals surface area (Å²) in [5, 5.41) is 17.0.